The second kappa shape index (κ2) is 6.17. The zero-order chi connectivity index (χ0) is 18.5. The Morgan fingerprint density at radius 3 is 2.50 bits per heavy atom. The van der Waals surface area contributed by atoms with Gasteiger partial charge in [0.1, 0.15) is 0 Å². The summed E-state index contributed by atoms with van der Waals surface area (Å²) in [4.78, 5) is 13.1. The van der Waals surface area contributed by atoms with Crippen LogP contribution in [0.2, 0.25) is 5.02 Å². The number of carbonyl (C=O) groups is 1. The molecule has 2 aromatic rings. The summed E-state index contributed by atoms with van der Waals surface area (Å²) in [6, 6.07) is 13.9. The summed E-state index contributed by atoms with van der Waals surface area (Å²) in [5, 5.41) is 7.86. The Morgan fingerprint density at radius 2 is 1.77 bits per heavy atom. The van der Waals surface area contributed by atoms with E-state index < -0.39 is 0 Å². The zero-order valence-electron chi connectivity index (χ0n) is 15.3. The number of ketones is 1. The van der Waals surface area contributed by atoms with Gasteiger partial charge in [0.2, 0.25) is 0 Å². The topological polar surface area (TPSA) is 41.1 Å². The van der Waals surface area contributed by atoms with E-state index in [-0.39, 0.29) is 17.2 Å². The number of fused-ring (bicyclic) bond motifs is 1. The Bertz CT molecular complexity index is 912. The lowest BCUT2D eigenvalue weighted by Gasteiger charge is -2.34. The molecule has 0 radical (unpaired) electrons. The minimum Gasteiger partial charge on any atom is -0.372 e. The van der Waals surface area contributed by atoms with Crippen LogP contribution >= 0.6 is 11.6 Å². The number of halogens is 1. The molecule has 1 aliphatic carbocycles. The highest BCUT2D eigenvalue weighted by atomic mass is 35.5. The molecule has 0 saturated heterocycles. The van der Waals surface area contributed by atoms with E-state index >= 15 is 0 Å². The van der Waals surface area contributed by atoms with Gasteiger partial charge in [-0.3, -0.25) is 4.79 Å². The van der Waals surface area contributed by atoms with Gasteiger partial charge in [0, 0.05) is 22.7 Å². The molecule has 0 bridgehead atoms. The Balaban J connectivity index is 1.88. The zero-order valence-corrected chi connectivity index (χ0v) is 16.1. The molecule has 0 fully saturated rings. The standard InChI is InChI=1S/C22H23ClN2O/c1-13-4-9-16-17(10-13)25-21(14-5-7-15(23)8-6-14)20-18(24-16)11-22(2,3)12-19(20)26/h4-10,21,24-25H,11-12H2,1-3H3. The van der Waals surface area contributed by atoms with Crippen molar-refractivity contribution in [3.63, 3.8) is 0 Å². The Morgan fingerprint density at radius 1 is 1.04 bits per heavy atom. The van der Waals surface area contributed by atoms with Gasteiger partial charge in [-0.05, 0) is 54.2 Å². The van der Waals surface area contributed by atoms with Crippen molar-refractivity contribution in [1.82, 2.24) is 0 Å². The fourth-order valence-electron chi connectivity index (χ4n) is 3.96. The summed E-state index contributed by atoms with van der Waals surface area (Å²) < 4.78 is 0. The maximum atomic E-state index is 13.1. The minimum atomic E-state index is -0.179. The molecule has 1 atom stereocenters. The maximum absolute atomic E-state index is 13.1. The molecule has 0 spiro atoms. The lowest BCUT2D eigenvalue weighted by molar-refractivity contribution is -0.118. The first-order valence-corrected chi connectivity index (χ1v) is 9.36. The number of hydrogen-bond donors (Lipinski definition) is 2. The molecule has 0 aromatic heterocycles. The minimum absolute atomic E-state index is 0.0390. The van der Waals surface area contributed by atoms with Crippen LogP contribution in [0, 0.1) is 12.3 Å². The lowest BCUT2D eigenvalue weighted by atomic mass is 9.73. The average molecular weight is 367 g/mol. The first-order valence-electron chi connectivity index (χ1n) is 8.98. The SMILES string of the molecule is Cc1ccc2c(c1)NC(c1ccc(Cl)cc1)C1=C(CC(C)(C)CC1=O)N2. The van der Waals surface area contributed by atoms with E-state index in [0.29, 0.717) is 11.4 Å². The molecule has 1 unspecified atom stereocenters. The van der Waals surface area contributed by atoms with Gasteiger partial charge in [-0.2, -0.15) is 0 Å². The Labute approximate surface area is 159 Å². The van der Waals surface area contributed by atoms with Gasteiger partial charge in [-0.1, -0.05) is 43.6 Å². The second-order valence-electron chi connectivity index (χ2n) is 8.14. The van der Waals surface area contributed by atoms with Crippen LogP contribution in [0.25, 0.3) is 0 Å². The summed E-state index contributed by atoms with van der Waals surface area (Å²) in [7, 11) is 0. The van der Waals surface area contributed by atoms with E-state index in [0.717, 1.165) is 34.6 Å². The molecule has 1 heterocycles. The third kappa shape index (κ3) is 3.12. The fraction of sp³-hybridized carbons (Fsp3) is 0.318. The molecule has 2 N–H and O–H groups in total. The highest BCUT2D eigenvalue weighted by Crippen LogP contribution is 2.45. The van der Waals surface area contributed by atoms with E-state index in [2.05, 4.69) is 49.6 Å². The first-order chi connectivity index (χ1) is 12.3. The van der Waals surface area contributed by atoms with Crippen LogP contribution in [-0.4, -0.2) is 5.78 Å². The van der Waals surface area contributed by atoms with E-state index in [9.17, 15) is 4.79 Å². The van der Waals surface area contributed by atoms with Crippen LogP contribution in [0.15, 0.2) is 53.7 Å². The third-order valence-corrected chi connectivity index (χ3v) is 5.42. The predicted molar refractivity (Wildman–Crippen MR) is 108 cm³/mol. The van der Waals surface area contributed by atoms with Crippen LogP contribution < -0.4 is 10.6 Å². The van der Waals surface area contributed by atoms with E-state index in [1.165, 1.54) is 5.56 Å². The van der Waals surface area contributed by atoms with Crippen LogP contribution in [0.4, 0.5) is 11.4 Å². The number of allylic oxidation sites excluding steroid dienone is 1. The molecular formula is C22H23ClN2O. The van der Waals surface area contributed by atoms with E-state index in [4.69, 9.17) is 11.6 Å². The highest BCUT2D eigenvalue weighted by molar-refractivity contribution is 6.30. The van der Waals surface area contributed by atoms with E-state index in [1.807, 2.05) is 24.3 Å². The van der Waals surface area contributed by atoms with Crippen molar-refractivity contribution in [2.45, 2.75) is 39.7 Å². The summed E-state index contributed by atoms with van der Waals surface area (Å²) in [6.45, 7) is 6.38. The van der Waals surface area contributed by atoms with Crippen molar-refractivity contribution in [1.29, 1.82) is 0 Å². The lowest BCUT2D eigenvalue weighted by Crippen LogP contribution is -2.31. The summed E-state index contributed by atoms with van der Waals surface area (Å²) in [5.41, 5.74) is 6.10. The number of hydrogen-bond acceptors (Lipinski definition) is 3. The molecule has 4 heteroatoms. The third-order valence-electron chi connectivity index (χ3n) is 5.17. The normalized spacial score (nSPS) is 21.2. The Hall–Kier alpha value is -2.26. The molecule has 2 aliphatic rings. The maximum Gasteiger partial charge on any atom is 0.163 e. The van der Waals surface area contributed by atoms with Crippen LogP contribution in [0.5, 0.6) is 0 Å². The molecule has 26 heavy (non-hydrogen) atoms. The van der Waals surface area contributed by atoms with Gasteiger partial charge in [0.15, 0.2) is 5.78 Å². The van der Waals surface area contributed by atoms with Crippen molar-refractivity contribution in [2.75, 3.05) is 10.6 Å². The van der Waals surface area contributed by atoms with Crippen molar-refractivity contribution < 1.29 is 4.79 Å². The first kappa shape index (κ1) is 17.2. The second-order valence-corrected chi connectivity index (χ2v) is 8.57. The fourth-order valence-corrected chi connectivity index (χ4v) is 4.09. The number of benzene rings is 2. The predicted octanol–water partition coefficient (Wildman–Crippen LogP) is 5.87. The van der Waals surface area contributed by atoms with Crippen LogP contribution in [0.1, 0.15) is 43.9 Å². The van der Waals surface area contributed by atoms with E-state index in [1.54, 1.807) is 0 Å². The highest BCUT2D eigenvalue weighted by Gasteiger charge is 2.38. The molecule has 3 nitrogen and oxygen atoms in total. The average Bonchev–Trinajstić information content (AvgIpc) is 2.70. The summed E-state index contributed by atoms with van der Waals surface area (Å²) in [6.07, 6.45) is 1.42. The van der Waals surface area contributed by atoms with Crippen molar-refractivity contribution in [2.24, 2.45) is 5.41 Å². The number of anilines is 2. The molecule has 2 aromatic carbocycles. The van der Waals surface area contributed by atoms with Crippen LogP contribution in [0.3, 0.4) is 0 Å². The van der Waals surface area contributed by atoms with Gasteiger partial charge in [-0.25, -0.2) is 0 Å². The number of Topliss-reactive ketones (excluding diaryl/α,β-unsaturated/α-hetero) is 1. The van der Waals surface area contributed by atoms with Crippen molar-refractivity contribution in [3.05, 3.63) is 69.9 Å². The summed E-state index contributed by atoms with van der Waals surface area (Å²) in [5.74, 6) is 0.209. The molecule has 4 rings (SSSR count). The van der Waals surface area contributed by atoms with Gasteiger partial charge < -0.3 is 10.6 Å². The number of carbonyl (C=O) groups excluding carboxylic acids is 1. The number of aryl methyl sites for hydroxylation is 1. The van der Waals surface area contributed by atoms with Gasteiger partial charge in [-0.15, -0.1) is 0 Å². The molecule has 1 aliphatic heterocycles. The quantitative estimate of drug-likeness (QED) is 0.663. The van der Waals surface area contributed by atoms with Gasteiger partial charge >= 0.3 is 0 Å². The van der Waals surface area contributed by atoms with Gasteiger partial charge in [0.05, 0.1) is 17.4 Å². The largest absolute Gasteiger partial charge is 0.372 e. The number of rotatable bonds is 1. The van der Waals surface area contributed by atoms with Crippen molar-refractivity contribution in [3.8, 4) is 0 Å². The Kier molecular flexibility index (Phi) is 4.07. The molecular weight excluding hydrogens is 344 g/mol. The smallest absolute Gasteiger partial charge is 0.163 e. The summed E-state index contributed by atoms with van der Waals surface area (Å²) >= 11 is 6.08. The molecule has 0 amide bonds. The molecule has 134 valence electrons. The van der Waals surface area contributed by atoms with Crippen LogP contribution in [-0.2, 0) is 4.79 Å². The monoisotopic (exact) mass is 366 g/mol. The number of nitrogens with one attached hydrogen (secondary N) is 2. The van der Waals surface area contributed by atoms with Crippen molar-refractivity contribution >= 4 is 28.8 Å². The molecule has 0 saturated carbocycles. The van der Waals surface area contributed by atoms with Gasteiger partial charge in [0.25, 0.3) is 0 Å².